The fraction of sp³-hybridized carbons (Fsp3) is 0.263. The highest BCUT2D eigenvalue weighted by molar-refractivity contribution is 5.95. The molecule has 6 heteroatoms. The van der Waals surface area contributed by atoms with Gasteiger partial charge in [0, 0.05) is 30.0 Å². The van der Waals surface area contributed by atoms with Gasteiger partial charge in [-0.1, -0.05) is 0 Å². The van der Waals surface area contributed by atoms with Crippen LogP contribution in [-0.4, -0.2) is 36.3 Å². The van der Waals surface area contributed by atoms with Crippen molar-refractivity contribution in [2.75, 3.05) is 30.3 Å². The van der Waals surface area contributed by atoms with Crippen LogP contribution in [0.25, 0.3) is 0 Å². The number of rotatable bonds is 5. The van der Waals surface area contributed by atoms with Gasteiger partial charge in [0.05, 0.1) is 6.54 Å². The van der Waals surface area contributed by atoms with Crippen LogP contribution in [0.2, 0.25) is 0 Å². The Kier molecular flexibility index (Phi) is 5.28. The number of halogens is 1. The van der Waals surface area contributed by atoms with Gasteiger partial charge in [0.25, 0.3) is 5.91 Å². The molecule has 2 aromatic carbocycles. The van der Waals surface area contributed by atoms with Crippen molar-refractivity contribution in [2.45, 2.75) is 12.8 Å². The molecule has 0 bridgehead atoms. The van der Waals surface area contributed by atoms with Crippen molar-refractivity contribution < 1.29 is 14.0 Å². The molecule has 0 radical (unpaired) electrons. The lowest BCUT2D eigenvalue weighted by Gasteiger charge is -2.15. The molecule has 2 N–H and O–H groups in total. The highest BCUT2D eigenvalue weighted by Gasteiger charge is 2.19. The van der Waals surface area contributed by atoms with Crippen LogP contribution in [0, 0.1) is 5.82 Å². The third kappa shape index (κ3) is 4.56. The zero-order valence-corrected chi connectivity index (χ0v) is 13.8. The highest BCUT2D eigenvalue weighted by atomic mass is 19.1. The summed E-state index contributed by atoms with van der Waals surface area (Å²) in [5.41, 5.74) is 1.95. The van der Waals surface area contributed by atoms with E-state index in [9.17, 15) is 14.0 Å². The minimum Gasteiger partial charge on any atom is -0.376 e. The molecule has 1 saturated heterocycles. The van der Waals surface area contributed by atoms with E-state index in [4.69, 9.17) is 0 Å². The largest absolute Gasteiger partial charge is 0.376 e. The van der Waals surface area contributed by atoms with Crippen LogP contribution in [0.15, 0.2) is 48.5 Å². The number of nitrogens with one attached hydrogen (secondary N) is 2. The van der Waals surface area contributed by atoms with Crippen molar-refractivity contribution in [1.29, 1.82) is 0 Å². The first-order chi connectivity index (χ1) is 12.1. The molecule has 0 unspecified atom stereocenters. The third-order valence-electron chi connectivity index (χ3n) is 4.11. The molecule has 0 aliphatic carbocycles. The minimum atomic E-state index is -0.348. The van der Waals surface area contributed by atoms with E-state index in [2.05, 4.69) is 10.6 Å². The second-order valence-corrected chi connectivity index (χ2v) is 5.99. The summed E-state index contributed by atoms with van der Waals surface area (Å²) in [5, 5.41) is 5.68. The second kappa shape index (κ2) is 7.79. The van der Waals surface area contributed by atoms with E-state index in [0.717, 1.165) is 31.6 Å². The summed E-state index contributed by atoms with van der Waals surface area (Å²) in [4.78, 5) is 26.0. The van der Waals surface area contributed by atoms with Gasteiger partial charge in [-0.05, 0) is 61.4 Å². The molecule has 1 fully saturated rings. The molecule has 1 aliphatic rings. The van der Waals surface area contributed by atoms with Crippen molar-refractivity contribution in [3.05, 3.63) is 59.9 Å². The van der Waals surface area contributed by atoms with E-state index < -0.39 is 0 Å². The van der Waals surface area contributed by atoms with Crippen molar-refractivity contribution >= 4 is 23.2 Å². The normalized spacial score (nSPS) is 13.6. The monoisotopic (exact) mass is 341 g/mol. The van der Waals surface area contributed by atoms with Crippen LogP contribution >= 0.6 is 0 Å². The van der Waals surface area contributed by atoms with E-state index in [-0.39, 0.29) is 24.2 Å². The summed E-state index contributed by atoms with van der Waals surface area (Å²) in [5.74, 6) is -0.526. The van der Waals surface area contributed by atoms with Crippen LogP contribution in [0.1, 0.15) is 23.2 Å². The molecule has 0 saturated carbocycles. The van der Waals surface area contributed by atoms with E-state index in [1.54, 1.807) is 24.3 Å². The molecule has 0 atom stereocenters. The number of amides is 2. The minimum absolute atomic E-state index is 0.0538. The maximum Gasteiger partial charge on any atom is 0.253 e. The van der Waals surface area contributed by atoms with Crippen LogP contribution < -0.4 is 10.6 Å². The lowest BCUT2D eigenvalue weighted by atomic mass is 10.2. The number of hydrogen-bond acceptors (Lipinski definition) is 3. The Morgan fingerprint density at radius 1 is 0.920 bits per heavy atom. The lowest BCUT2D eigenvalue weighted by molar-refractivity contribution is -0.114. The molecule has 130 valence electrons. The van der Waals surface area contributed by atoms with Gasteiger partial charge in [0.1, 0.15) is 5.82 Å². The number of carbonyl (C=O) groups excluding carboxylic acids is 2. The lowest BCUT2D eigenvalue weighted by Crippen LogP contribution is -2.27. The molecule has 3 rings (SSSR count). The number of hydrogen-bond donors (Lipinski definition) is 2. The zero-order chi connectivity index (χ0) is 17.6. The van der Waals surface area contributed by atoms with Gasteiger partial charge < -0.3 is 15.5 Å². The molecule has 0 aromatic heterocycles. The first kappa shape index (κ1) is 17.0. The first-order valence-corrected chi connectivity index (χ1v) is 8.30. The van der Waals surface area contributed by atoms with E-state index in [1.807, 2.05) is 4.90 Å². The summed E-state index contributed by atoms with van der Waals surface area (Å²) in [7, 11) is 0. The SMILES string of the molecule is O=C(CNc1ccc(C(=O)N2CCCC2)cc1)Nc1ccc(F)cc1. The number of anilines is 2. The van der Waals surface area contributed by atoms with Crippen molar-refractivity contribution in [3.8, 4) is 0 Å². The molecular weight excluding hydrogens is 321 g/mol. The van der Waals surface area contributed by atoms with Crippen molar-refractivity contribution in [3.63, 3.8) is 0 Å². The topological polar surface area (TPSA) is 61.4 Å². The standard InChI is InChI=1S/C19H20FN3O2/c20-15-5-9-17(10-6-15)22-18(24)13-21-16-7-3-14(4-8-16)19(25)23-11-1-2-12-23/h3-10,21H,1-2,11-13H2,(H,22,24). The maximum atomic E-state index is 12.8. The smallest absolute Gasteiger partial charge is 0.253 e. The summed E-state index contributed by atoms with van der Waals surface area (Å²) < 4.78 is 12.8. The van der Waals surface area contributed by atoms with Crippen LogP contribution in [-0.2, 0) is 4.79 Å². The molecule has 0 spiro atoms. The fourth-order valence-corrected chi connectivity index (χ4v) is 2.75. The zero-order valence-electron chi connectivity index (χ0n) is 13.8. The summed E-state index contributed by atoms with van der Waals surface area (Å²) in [6, 6.07) is 12.7. The molecule has 25 heavy (non-hydrogen) atoms. The summed E-state index contributed by atoms with van der Waals surface area (Å²) >= 11 is 0. The van der Waals surface area contributed by atoms with E-state index in [0.29, 0.717) is 11.3 Å². The molecule has 1 aliphatic heterocycles. The van der Waals surface area contributed by atoms with Crippen molar-refractivity contribution in [1.82, 2.24) is 4.90 Å². The number of benzene rings is 2. The molecule has 5 nitrogen and oxygen atoms in total. The van der Waals surface area contributed by atoms with Gasteiger partial charge in [-0.2, -0.15) is 0 Å². The maximum absolute atomic E-state index is 12.8. The first-order valence-electron chi connectivity index (χ1n) is 8.30. The Bertz CT molecular complexity index is 738. The van der Waals surface area contributed by atoms with E-state index in [1.165, 1.54) is 24.3 Å². The van der Waals surface area contributed by atoms with Gasteiger partial charge in [0.2, 0.25) is 5.91 Å². The van der Waals surface area contributed by atoms with Crippen molar-refractivity contribution in [2.24, 2.45) is 0 Å². The van der Waals surface area contributed by atoms with E-state index >= 15 is 0 Å². The number of nitrogens with zero attached hydrogens (tertiary/aromatic N) is 1. The molecular formula is C19H20FN3O2. The van der Waals surface area contributed by atoms with Crippen LogP contribution in [0.3, 0.4) is 0 Å². The predicted octanol–water partition coefficient (Wildman–Crippen LogP) is 3.11. The van der Waals surface area contributed by atoms with Gasteiger partial charge in [-0.3, -0.25) is 9.59 Å². The van der Waals surface area contributed by atoms with Gasteiger partial charge in [-0.15, -0.1) is 0 Å². The van der Waals surface area contributed by atoms with Crippen LogP contribution in [0.5, 0.6) is 0 Å². The fourth-order valence-electron chi connectivity index (χ4n) is 2.75. The molecule has 2 amide bonds. The Morgan fingerprint density at radius 2 is 1.52 bits per heavy atom. The third-order valence-corrected chi connectivity index (χ3v) is 4.11. The Morgan fingerprint density at radius 3 is 2.16 bits per heavy atom. The number of carbonyl (C=O) groups is 2. The van der Waals surface area contributed by atoms with Crippen LogP contribution in [0.4, 0.5) is 15.8 Å². The second-order valence-electron chi connectivity index (χ2n) is 5.99. The average molecular weight is 341 g/mol. The Labute approximate surface area is 145 Å². The Balaban J connectivity index is 1.50. The summed E-state index contributed by atoms with van der Waals surface area (Å²) in [6.07, 6.45) is 2.13. The predicted molar refractivity (Wildman–Crippen MR) is 95.1 cm³/mol. The van der Waals surface area contributed by atoms with Gasteiger partial charge in [0.15, 0.2) is 0 Å². The summed E-state index contributed by atoms with van der Waals surface area (Å²) in [6.45, 7) is 1.72. The molecule has 1 heterocycles. The quantitative estimate of drug-likeness (QED) is 0.878. The number of likely N-dealkylation sites (tertiary alicyclic amines) is 1. The average Bonchev–Trinajstić information content (AvgIpc) is 3.16. The molecule has 2 aromatic rings. The Hall–Kier alpha value is -2.89. The highest BCUT2D eigenvalue weighted by Crippen LogP contribution is 2.15. The van der Waals surface area contributed by atoms with Gasteiger partial charge >= 0.3 is 0 Å². The van der Waals surface area contributed by atoms with Gasteiger partial charge in [-0.25, -0.2) is 4.39 Å².